The lowest BCUT2D eigenvalue weighted by Gasteiger charge is -2.10. The van der Waals surface area contributed by atoms with E-state index >= 15 is 0 Å². The minimum atomic E-state index is 0. The monoisotopic (exact) mass is 402 g/mol. The summed E-state index contributed by atoms with van der Waals surface area (Å²) in [5.74, 6) is 0. The predicted octanol–water partition coefficient (Wildman–Crippen LogP) is 0.767. The van der Waals surface area contributed by atoms with Crippen molar-refractivity contribution in [3.8, 4) is 0 Å². The van der Waals surface area contributed by atoms with E-state index < -0.39 is 0 Å². The molecule has 0 aromatic heterocycles. The van der Waals surface area contributed by atoms with Crippen LogP contribution in [0, 0.1) is 0 Å². The first-order valence-corrected chi connectivity index (χ1v) is 8.05. The molecule has 0 nitrogen and oxygen atoms in total. The Hall–Kier alpha value is 1.01. The molecule has 0 radical (unpaired) electrons. The molecule has 0 aliphatic rings. The van der Waals surface area contributed by atoms with Gasteiger partial charge in [-0.2, -0.15) is 0 Å². The Kier molecular flexibility index (Phi) is 7.84. The molecule has 1 aromatic carbocycles. The molecule has 80 valence electrons. The lowest BCUT2D eigenvalue weighted by Crippen LogP contribution is -3.00. The van der Waals surface area contributed by atoms with Crippen molar-refractivity contribution in [2.24, 2.45) is 0 Å². The Balaban J connectivity index is 0.00000169. The van der Waals surface area contributed by atoms with Gasteiger partial charge >= 0.3 is 0 Å². The third-order valence-electron chi connectivity index (χ3n) is 1.95. The number of benzene rings is 1. The fourth-order valence-corrected chi connectivity index (χ4v) is 4.34. The first kappa shape index (κ1) is 15.0. The van der Waals surface area contributed by atoms with Crippen LogP contribution in [-0.4, -0.2) is 17.8 Å². The minimum Gasteiger partial charge on any atom is -1.00 e. The van der Waals surface area contributed by atoms with E-state index in [1.54, 1.807) is 0 Å². The third kappa shape index (κ3) is 4.25. The van der Waals surface area contributed by atoms with Crippen LogP contribution in [0.3, 0.4) is 0 Å². The summed E-state index contributed by atoms with van der Waals surface area (Å²) < 4.78 is 1.15. The van der Waals surface area contributed by atoms with E-state index in [4.69, 9.17) is 0 Å². The van der Waals surface area contributed by atoms with Crippen molar-refractivity contribution >= 4 is 42.8 Å². The Morgan fingerprint density at radius 1 is 1.21 bits per heavy atom. The summed E-state index contributed by atoms with van der Waals surface area (Å²) in [6.07, 6.45) is 4.57. The zero-order valence-electron chi connectivity index (χ0n) is 8.14. The van der Waals surface area contributed by atoms with Crippen LogP contribution >= 0.6 is 31.9 Å². The van der Waals surface area contributed by atoms with Crippen LogP contribution < -0.4 is 17.0 Å². The molecular weight excluding hydrogens is 392 g/mol. The summed E-state index contributed by atoms with van der Waals surface area (Å²) in [6.45, 7) is 0. The molecule has 0 N–H and O–H groups in total. The molecule has 0 aliphatic carbocycles. The Morgan fingerprint density at radius 2 is 1.71 bits per heavy atom. The van der Waals surface area contributed by atoms with E-state index in [1.807, 2.05) is 0 Å². The standard InChI is InChI=1S/C10H13Br2S.BrH/c1-13(2)10(7-11)8-3-5-9(12)6-4-8;/h3-6,10H,7H2,1-2H3;1H/q+1;/p-1. The number of halogens is 3. The van der Waals surface area contributed by atoms with Gasteiger partial charge in [-0.25, -0.2) is 0 Å². The Labute approximate surface area is 116 Å². The fraction of sp³-hybridized carbons (Fsp3) is 0.400. The molecule has 0 bridgehead atoms. The van der Waals surface area contributed by atoms with Gasteiger partial charge in [-0.05, 0) is 23.0 Å². The van der Waals surface area contributed by atoms with Gasteiger partial charge in [0.2, 0.25) is 0 Å². The first-order valence-electron chi connectivity index (χ1n) is 4.03. The first-order chi connectivity index (χ1) is 6.15. The SMILES string of the molecule is C[S+](C)C(CBr)c1ccc(Br)cc1.[Br-]. The van der Waals surface area contributed by atoms with Gasteiger partial charge in [0.05, 0.1) is 17.8 Å². The second kappa shape index (κ2) is 7.31. The molecule has 1 unspecified atom stereocenters. The number of rotatable bonds is 3. The van der Waals surface area contributed by atoms with Crippen molar-refractivity contribution in [3.05, 3.63) is 34.3 Å². The third-order valence-corrected chi connectivity index (χ3v) is 5.13. The molecule has 0 aliphatic heterocycles. The number of alkyl halides is 1. The number of hydrogen-bond donors (Lipinski definition) is 0. The lowest BCUT2D eigenvalue weighted by atomic mass is 10.2. The molecule has 14 heavy (non-hydrogen) atoms. The highest BCUT2D eigenvalue weighted by Gasteiger charge is 2.21. The van der Waals surface area contributed by atoms with Crippen LogP contribution in [0.4, 0.5) is 0 Å². The van der Waals surface area contributed by atoms with E-state index in [0.717, 1.165) is 9.80 Å². The molecule has 1 aromatic rings. The Morgan fingerprint density at radius 3 is 2.07 bits per heavy atom. The predicted molar refractivity (Wildman–Crippen MR) is 69.9 cm³/mol. The van der Waals surface area contributed by atoms with Crippen molar-refractivity contribution in [2.45, 2.75) is 5.25 Å². The summed E-state index contributed by atoms with van der Waals surface area (Å²) >= 11 is 7.01. The van der Waals surface area contributed by atoms with Gasteiger partial charge in [0.15, 0.2) is 5.25 Å². The summed E-state index contributed by atoms with van der Waals surface area (Å²) in [4.78, 5) is 0. The maximum Gasteiger partial charge on any atom is 0.152 e. The van der Waals surface area contributed by atoms with E-state index in [9.17, 15) is 0 Å². The van der Waals surface area contributed by atoms with Gasteiger partial charge in [-0.3, -0.25) is 0 Å². The molecule has 0 amide bonds. The molecule has 1 atom stereocenters. The van der Waals surface area contributed by atoms with E-state index in [1.165, 1.54) is 5.56 Å². The van der Waals surface area contributed by atoms with Gasteiger partial charge < -0.3 is 17.0 Å². The minimum absolute atomic E-state index is 0. The zero-order chi connectivity index (χ0) is 9.84. The summed E-state index contributed by atoms with van der Waals surface area (Å²) in [6, 6.07) is 8.61. The van der Waals surface area contributed by atoms with Gasteiger partial charge in [0, 0.05) is 10.0 Å². The quantitative estimate of drug-likeness (QED) is 0.515. The largest absolute Gasteiger partial charge is 1.00 e. The van der Waals surface area contributed by atoms with Gasteiger partial charge in [0.1, 0.15) is 0 Å². The van der Waals surface area contributed by atoms with Crippen LogP contribution in [0.2, 0.25) is 0 Å². The second-order valence-corrected chi connectivity index (χ2v) is 6.97. The molecule has 4 heteroatoms. The molecule has 1 rings (SSSR count). The lowest BCUT2D eigenvalue weighted by molar-refractivity contribution is -0.00000253. The maximum absolute atomic E-state index is 3.57. The second-order valence-electron chi connectivity index (χ2n) is 3.07. The molecule has 0 fully saturated rings. The number of hydrogen-bond acceptors (Lipinski definition) is 0. The van der Waals surface area contributed by atoms with Crippen molar-refractivity contribution < 1.29 is 17.0 Å². The van der Waals surface area contributed by atoms with Crippen molar-refractivity contribution in [2.75, 3.05) is 17.8 Å². The van der Waals surface area contributed by atoms with Crippen LogP contribution in [0.1, 0.15) is 10.8 Å². The molecule has 0 saturated heterocycles. The summed E-state index contributed by atoms with van der Waals surface area (Å²) in [5, 5.41) is 1.69. The zero-order valence-corrected chi connectivity index (χ0v) is 13.7. The normalized spacial score (nSPS) is 12.4. The smallest absolute Gasteiger partial charge is 0.152 e. The molecular formula is C10H13Br3S. The van der Waals surface area contributed by atoms with Crippen molar-refractivity contribution in [1.82, 2.24) is 0 Å². The van der Waals surface area contributed by atoms with Crippen LogP contribution in [-0.2, 0) is 10.9 Å². The summed E-state index contributed by atoms with van der Waals surface area (Å²) in [5.41, 5.74) is 1.42. The van der Waals surface area contributed by atoms with Gasteiger partial charge in [-0.15, -0.1) is 0 Å². The van der Waals surface area contributed by atoms with Crippen LogP contribution in [0.25, 0.3) is 0 Å². The van der Waals surface area contributed by atoms with Crippen molar-refractivity contribution in [1.29, 1.82) is 0 Å². The highest BCUT2D eigenvalue weighted by atomic mass is 79.9. The maximum atomic E-state index is 3.57. The molecule has 0 spiro atoms. The van der Waals surface area contributed by atoms with Gasteiger partial charge in [-0.1, -0.05) is 44.0 Å². The highest BCUT2D eigenvalue weighted by Crippen LogP contribution is 2.25. The summed E-state index contributed by atoms with van der Waals surface area (Å²) in [7, 11) is 0.427. The topological polar surface area (TPSA) is 0 Å². The Bertz CT molecular complexity index is 259. The molecule has 0 heterocycles. The average Bonchev–Trinajstić information content (AvgIpc) is 2.09. The van der Waals surface area contributed by atoms with Crippen molar-refractivity contribution in [3.63, 3.8) is 0 Å². The fourth-order valence-electron chi connectivity index (χ4n) is 1.16. The van der Waals surface area contributed by atoms with Crippen LogP contribution in [0.5, 0.6) is 0 Å². The van der Waals surface area contributed by atoms with E-state index in [-0.39, 0.29) is 17.0 Å². The van der Waals surface area contributed by atoms with E-state index in [2.05, 4.69) is 68.6 Å². The van der Waals surface area contributed by atoms with E-state index in [0.29, 0.717) is 16.1 Å². The molecule has 0 saturated carbocycles. The van der Waals surface area contributed by atoms with Crippen LogP contribution in [0.15, 0.2) is 28.7 Å². The van der Waals surface area contributed by atoms with Gasteiger partial charge in [0.25, 0.3) is 0 Å². The average molecular weight is 405 g/mol. The highest BCUT2D eigenvalue weighted by molar-refractivity contribution is 9.10.